The van der Waals surface area contributed by atoms with Crippen LogP contribution >= 0.6 is 34.8 Å². The van der Waals surface area contributed by atoms with Gasteiger partial charge in [-0.2, -0.15) is 0 Å². The molecule has 0 aliphatic carbocycles. The molecule has 2 aromatic rings. The van der Waals surface area contributed by atoms with Gasteiger partial charge in [0, 0.05) is 17.8 Å². The van der Waals surface area contributed by atoms with Crippen molar-refractivity contribution < 1.29 is 9.53 Å². The highest BCUT2D eigenvalue weighted by molar-refractivity contribution is 6.68. The van der Waals surface area contributed by atoms with Crippen LogP contribution in [0.3, 0.4) is 0 Å². The highest BCUT2D eigenvalue weighted by Gasteiger charge is 2.34. The van der Waals surface area contributed by atoms with E-state index < -0.39 is 15.9 Å². The molecule has 0 radical (unpaired) electrons. The Kier molecular flexibility index (Phi) is 7.82. The number of allylic oxidation sites excluding steroid dienone is 2. The van der Waals surface area contributed by atoms with E-state index in [-0.39, 0.29) is 6.04 Å². The van der Waals surface area contributed by atoms with Crippen molar-refractivity contribution in [3.05, 3.63) is 71.5 Å². The third-order valence-electron chi connectivity index (χ3n) is 4.12. The monoisotopic (exact) mass is 439 g/mol. The van der Waals surface area contributed by atoms with Gasteiger partial charge in [0.2, 0.25) is 3.79 Å². The summed E-state index contributed by atoms with van der Waals surface area (Å²) in [5.74, 6) is -0.580. The minimum atomic E-state index is -1.74. The molecule has 6 heteroatoms. The van der Waals surface area contributed by atoms with Crippen LogP contribution in [0, 0.1) is 0 Å². The lowest BCUT2D eigenvalue weighted by Gasteiger charge is -2.22. The second kappa shape index (κ2) is 9.69. The van der Waals surface area contributed by atoms with E-state index in [1.165, 1.54) is 16.8 Å². The van der Waals surface area contributed by atoms with E-state index in [1.54, 1.807) is 13.0 Å². The van der Waals surface area contributed by atoms with Crippen molar-refractivity contribution in [2.45, 2.75) is 43.6 Å². The SMILES string of the molecule is CC(C)=C[C@H](OC(=O)C=C(C)N[C@H](C)c1cccc2ccccc12)C(Cl)(Cl)Cl. The van der Waals surface area contributed by atoms with Gasteiger partial charge >= 0.3 is 5.97 Å². The first kappa shape index (κ1) is 22.6. The summed E-state index contributed by atoms with van der Waals surface area (Å²) in [7, 11) is 0. The molecule has 0 fully saturated rings. The maximum absolute atomic E-state index is 12.3. The molecule has 2 atom stereocenters. The van der Waals surface area contributed by atoms with Crippen molar-refractivity contribution in [1.29, 1.82) is 0 Å². The van der Waals surface area contributed by atoms with Gasteiger partial charge in [0.25, 0.3) is 0 Å². The van der Waals surface area contributed by atoms with Crippen molar-refractivity contribution >= 4 is 51.5 Å². The maximum atomic E-state index is 12.3. The van der Waals surface area contributed by atoms with Crippen molar-refractivity contribution in [1.82, 2.24) is 5.32 Å². The van der Waals surface area contributed by atoms with Crippen molar-refractivity contribution in [3.63, 3.8) is 0 Å². The Morgan fingerprint density at radius 2 is 1.71 bits per heavy atom. The van der Waals surface area contributed by atoms with Crippen molar-refractivity contribution in [2.75, 3.05) is 0 Å². The molecule has 0 bridgehead atoms. The van der Waals surface area contributed by atoms with Gasteiger partial charge in [-0.1, -0.05) is 82.8 Å². The van der Waals surface area contributed by atoms with Gasteiger partial charge < -0.3 is 10.1 Å². The Morgan fingerprint density at radius 1 is 1.07 bits per heavy atom. The molecule has 0 amide bonds. The number of esters is 1. The van der Waals surface area contributed by atoms with E-state index in [1.807, 2.05) is 39.0 Å². The Labute approximate surface area is 181 Å². The number of fused-ring (bicyclic) bond motifs is 1. The molecule has 150 valence electrons. The van der Waals surface area contributed by atoms with Gasteiger partial charge in [-0.05, 0) is 50.1 Å². The molecule has 2 rings (SSSR count). The zero-order valence-corrected chi connectivity index (χ0v) is 18.6. The fraction of sp³-hybridized carbons (Fsp3) is 0.318. The predicted octanol–water partition coefficient (Wildman–Crippen LogP) is 6.64. The first-order chi connectivity index (χ1) is 13.1. The van der Waals surface area contributed by atoms with Crippen LogP contribution in [0.25, 0.3) is 10.8 Å². The smallest absolute Gasteiger partial charge is 0.333 e. The van der Waals surface area contributed by atoms with Gasteiger partial charge in [0.05, 0.1) is 0 Å². The number of rotatable bonds is 6. The number of ether oxygens (including phenoxy) is 1. The zero-order valence-electron chi connectivity index (χ0n) is 16.3. The molecule has 0 saturated heterocycles. The average Bonchev–Trinajstić information content (AvgIpc) is 2.59. The number of carbonyl (C=O) groups is 1. The summed E-state index contributed by atoms with van der Waals surface area (Å²) in [5, 5.41) is 5.65. The molecule has 0 saturated carbocycles. The topological polar surface area (TPSA) is 38.3 Å². The normalized spacial score (nSPS) is 14.3. The third kappa shape index (κ3) is 6.44. The fourth-order valence-corrected chi connectivity index (χ4v) is 3.25. The van der Waals surface area contributed by atoms with Crippen LogP contribution in [0.15, 0.2) is 65.9 Å². The largest absolute Gasteiger partial charge is 0.450 e. The Morgan fingerprint density at radius 3 is 2.36 bits per heavy atom. The first-order valence-electron chi connectivity index (χ1n) is 8.92. The van der Waals surface area contributed by atoms with Gasteiger partial charge in [-0.3, -0.25) is 0 Å². The van der Waals surface area contributed by atoms with E-state index >= 15 is 0 Å². The summed E-state index contributed by atoms with van der Waals surface area (Å²) in [6.45, 7) is 7.52. The van der Waals surface area contributed by atoms with Gasteiger partial charge in [0.1, 0.15) is 0 Å². The molecule has 28 heavy (non-hydrogen) atoms. The standard InChI is InChI=1S/C22H24Cl3NO2/c1-14(2)12-20(22(23,24)25)28-21(27)13-15(3)26-16(4)18-11-7-9-17-8-5-6-10-19(17)18/h5-13,16,20,26H,1-4H3/t16-,20+/m1/s1. The lowest BCUT2D eigenvalue weighted by molar-refractivity contribution is -0.140. The first-order valence-corrected chi connectivity index (χ1v) is 10.1. The molecule has 2 aromatic carbocycles. The second-order valence-electron chi connectivity index (χ2n) is 6.90. The molecule has 0 heterocycles. The second-order valence-corrected chi connectivity index (χ2v) is 9.27. The summed E-state index contributed by atoms with van der Waals surface area (Å²) >= 11 is 17.7. The van der Waals surface area contributed by atoms with E-state index in [0.717, 1.165) is 11.1 Å². The van der Waals surface area contributed by atoms with Gasteiger partial charge in [0.15, 0.2) is 6.10 Å². The molecule has 0 spiro atoms. The minimum absolute atomic E-state index is 0.00287. The van der Waals surface area contributed by atoms with Gasteiger partial charge in [-0.15, -0.1) is 0 Å². The molecule has 0 aromatic heterocycles. The van der Waals surface area contributed by atoms with Crippen molar-refractivity contribution in [3.8, 4) is 0 Å². The number of carbonyl (C=O) groups excluding carboxylic acids is 1. The molecule has 0 aliphatic rings. The van der Waals surface area contributed by atoms with Crippen LogP contribution in [0.5, 0.6) is 0 Å². The Hall–Kier alpha value is -1.68. The van der Waals surface area contributed by atoms with Crippen LogP contribution in [0.1, 0.15) is 39.3 Å². The van der Waals surface area contributed by atoms with Crippen LogP contribution in [-0.2, 0) is 9.53 Å². The molecule has 1 N–H and O–H groups in total. The van der Waals surface area contributed by atoms with Gasteiger partial charge in [-0.25, -0.2) is 4.79 Å². The van der Waals surface area contributed by atoms with Crippen LogP contribution in [0.2, 0.25) is 0 Å². The summed E-state index contributed by atoms with van der Waals surface area (Å²) in [5.41, 5.74) is 2.68. The van der Waals surface area contributed by atoms with E-state index in [9.17, 15) is 4.79 Å². The lowest BCUT2D eigenvalue weighted by atomic mass is 9.99. The highest BCUT2D eigenvalue weighted by atomic mass is 35.6. The van der Waals surface area contributed by atoms with Crippen LogP contribution in [-0.4, -0.2) is 15.9 Å². The molecular formula is C22H24Cl3NO2. The molecule has 3 nitrogen and oxygen atoms in total. The number of nitrogens with one attached hydrogen (secondary N) is 1. The average molecular weight is 441 g/mol. The van der Waals surface area contributed by atoms with E-state index in [0.29, 0.717) is 5.70 Å². The fourth-order valence-electron chi connectivity index (χ4n) is 2.92. The van der Waals surface area contributed by atoms with Crippen molar-refractivity contribution in [2.24, 2.45) is 0 Å². The Balaban J connectivity index is 2.12. The summed E-state index contributed by atoms with van der Waals surface area (Å²) in [6.07, 6.45) is 2.01. The minimum Gasteiger partial charge on any atom is -0.450 e. The lowest BCUT2D eigenvalue weighted by Crippen LogP contribution is -2.29. The quantitative estimate of drug-likeness (QED) is 0.237. The van der Waals surface area contributed by atoms with Crippen LogP contribution in [0.4, 0.5) is 0 Å². The number of hydrogen-bond acceptors (Lipinski definition) is 3. The highest BCUT2D eigenvalue weighted by Crippen LogP contribution is 2.34. The number of alkyl halides is 3. The molecule has 0 unspecified atom stereocenters. The number of halogens is 3. The number of benzene rings is 2. The van der Waals surface area contributed by atoms with E-state index in [4.69, 9.17) is 39.5 Å². The Bertz CT molecular complexity index is 891. The number of hydrogen-bond donors (Lipinski definition) is 1. The molecular weight excluding hydrogens is 417 g/mol. The third-order valence-corrected chi connectivity index (χ3v) is 4.76. The summed E-state index contributed by atoms with van der Waals surface area (Å²) < 4.78 is 3.59. The predicted molar refractivity (Wildman–Crippen MR) is 119 cm³/mol. The zero-order chi connectivity index (χ0) is 20.9. The van der Waals surface area contributed by atoms with E-state index in [2.05, 4.69) is 29.6 Å². The molecule has 0 aliphatic heterocycles. The van der Waals surface area contributed by atoms with Crippen LogP contribution < -0.4 is 5.32 Å². The summed E-state index contributed by atoms with van der Waals surface area (Å²) in [6, 6.07) is 14.3. The summed E-state index contributed by atoms with van der Waals surface area (Å²) in [4.78, 5) is 12.3. The maximum Gasteiger partial charge on any atom is 0.333 e.